The Hall–Kier alpha value is -6.64. The number of phosphoric acid groups is 4. The topological polar surface area (TPSA) is 691 Å². The van der Waals surface area contributed by atoms with Gasteiger partial charge in [0.05, 0.1) is 33.0 Å². The van der Waals surface area contributed by atoms with Gasteiger partial charge in [0.15, 0.2) is 31.1 Å². The summed E-state index contributed by atoms with van der Waals surface area (Å²) in [5.41, 5.74) is -4.31. The zero-order chi connectivity index (χ0) is 70.5. The van der Waals surface area contributed by atoms with Crippen molar-refractivity contribution in [3.8, 4) is 0 Å². The first kappa shape index (κ1) is 73.1. The van der Waals surface area contributed by atoms with Crippen molar-refractivity contribution < 1.29 is 133 Å². The van der Waals surface area contributed by atoms with Gasteiger partial charge in [0.2, 0.25) is 0 Å². The molecule has 0 aromatic carbocycles. The Kier molecular flexibility index (Phi) is 21.8. The van der Waals surface area contributed by atoms with Gasteiger partial charge in [-0.25, -0.2) is 42.2 Å². The molecule has 5 saturated heterocycles. The largest absolute Gasteiger partial charge is 0.472 e. The first-order valence-corrected chi connectivity index (χ1v) is 33.7. The van der Waals surface area contributed by atoms with Crippen molar-refractivity contribution in [2.45, 2.75) is 123 Å². The van der Waals surface area contributed by atoms with E-state index in [-0.39, 0.29) is 5.82 Å². The highest BCUT2D eigenvalue weighted by atomic mass is 31.2. The molecule has 0 aliphatic carbocycles. The molecule has 52 heteroatoms. The highest BCUT2D eigenvalue weighted by Gasteiger charge is 2.56. The van der Waals surface area contributed by atoms with Crippen molar-refractivity contribution in [2.75, 3.05) is 38.8 Å². The number of aliphatic hydroxyl groups excluding tert-OH is 7. The molecule has 0 radical (unpaired) electrons. The monoisotopic (exact) mass is 1470 g/mol. The molecular weight excluding hydrogens is 1410 g/mol. The van der Waals surface area contributed by atoms with E-state index < -0.39 is 238 Å². The van der Waals surface area contributed by atoms with Gasteiger partial charge in [0.1, 0.15) is 97.4 Å². The third-order valence-corrected chi connectivity index (χ3v) is 19.0. The number of aliphatic hydroxyl groups is 7. The van der Waals surface area contributed by atoms with Gasteiger partial charge in [-0.1, -0.05) is 0 Å². The molecule has 5 aromatic heterocycles. The van der Waals surface area contributed by atoms with E-state index in [1.54, 1.807) is 0 Å². The molecule has 0 bridgehead atoms. The molecule has 48 nitrogen and oxygen atoms in total. The lowest BCUT2D eigenvalue weighted by molar-refractivity contribution is -0.0665. The van der Waals surface area contributed by atoms with Crippen molar-refractivity contribution in [3.05, 3.63) is 155 Å². The lowest BCUT2D eigenvalue weighted by Gasteiger charge is -2.27. The van der Waals surface area contributed by atoms with Crippen molar-refractivity contribution in [2.24, 2.45) is 0 Å². The Labute approximate surface area is 533 Å². The second kappa shape index (κ2) is 28.9. The average Bonchev–Trinajstić information content (AvgIpc) is 1.66. The van der Waals surface area contributed by atoms with Gasteiger partial charge in [0.25, 0.3) is 22.2 Å². The SMILES string of the molecule is Nc1ccn([C@@H]2O[C@H](COP(=O)(O)O[C@H]3[C@@H](O)[C@H](n4ccc(=O)[nH]c4=O)O[C@@H]3COP(=O)(O)O[C@H]3[C@@H](O)[C@H](n4ccc(=O)[nH]c4=O)O[C@@H]3COP(=O)(O)O[C@H]3[C@@H](O)[C@H](n4ccc(=O)[nH]c4=O)O[C@@H]3COP(=O)(O)O[C@H]3[C@@H](O)[C@H](n4ccc(=O)[nH]c4=O)O[C@@H]3CO)[C@@H](O)[C@H]2O)c(=O)n1. The molecule has 10 heterocycles. The predicted molar refractivity (Wildman–Crippen MR) is 303 cm³/mol. The average molecular weight is 1470 g/mol. The number of aromatic amines is 4. The second-order valence-electron chi connectivity index (χ2n) is 21.4. The number of aromatic nitrogens is 10. The van der Waals surface area contributed by atoms with Crippen molar-refractivity contribution in [1.82, 2.24) is 47.8 Å². The molecule has 5 fully saturated rings. The molecule has 5 aliphatic heterocycles. The summed E-state index contributed by atoms with van der Waals surface area (Å²) < 4.78 is 127. The summed E-state index contributed by atoms with van der Waals surface area (Å²) in [5.74, 6) is -0.221. The van der Waals surface area contributed by atoms with E-state index in [1.807, 2.05) is 19.9 Å². The summed E-state index contributed by atoms with van der Waals surface area (Å²) in [7, 11) is -23.1. The maximum atomic E-state index is 14.0. The summed E-state index contributed by atoms with van der Waals surface area (Å²) in [6, 6.07) is 4.26. The zero-order valence-corrected chi connectivity index (χ0v) is 52.0. The van der Waals surface area contributed by atoms with Gasteiger partial charge in [-0.05, 0) is 6.07 Å². The number of anilines is 1. The molecule has 4 unspecified atom stereocenters. The standard InChI is InChI=1S/C45H57N11O37P4/c46-21-1-6-52(41(68)47-21)36-27(63)26(62)17(86-36)12-81-94(73,74)91-33-19(88-38(29(33)65)54-8-3-23(59)49-43(54)70)14-83-96(77,78)93-35-20(89-40(31(35)67)56-10-5-25(61)51-45(56)72)15-84-97(79,80)92-34-18(87-39(30(34)66)55-9-4-24(60)50-44(55)71)13-82-95(75,76)90-32-16(11-57)85-37(28(32)64)53-7-2-22(58)48-42(53)69/h1-10,16-20,26-40,57,62-67H,11-15H2,(H,73,74)(H,75,76)(H,77,78)(H,79,80)(H2,46,47,68)(H,48,58,69)(H,49,59,70)(H,50,60,71)(H,51,61,72)/t16-,17-,18-,19-,20-,26-,27-,28-,29-,30-,31-,32-,33-,34-,35-,36-,37-,38-,39-,40-/m1/s1. The van der Waals surface area contributed by atoms with E-state index in [4.69, 9.17) is 65.6 Å². The molecule has 5 aliphatic rings. The number of nitrogens with one attached hydrogen (secondary N) is 4. The number of nitrogens with zero attached hydrogens (tertiary/aromatic N) is 6. The van der Waals surface area contributed by atoms with Gasteiger partial charge in [0, 0.05) is 55.2 Å². The molecule has 10 rings (SSSR count). The van der Waals surface area contributed by atoms with Gasteiger partial charge >= 0.3 is 59.7 Å². The zero-order valence-electron chi connectivity index (χ0n) is 48.4. The van der Waals surface area contributed by atoms with Crippen molar-refractivity contribution in [1.29, 1.82) is 0 Å². The van der Waals surface area contributed by atoms with E-state index in [9.17, 15) is 117 Å². The van der Waals surface area contributed by atoms with Crippen LogP contribution in [0.3, 0.4) is 0 Å². The van der Waals surface area contributed by atoms with E-state index in [0.29, 0.717) is 18.3 Å². The van der Waals surface area contributed by atoms with Crippen LogP contribution in [0.15, 0.2) is 104 Å². The Morgan fingerprint density at radius 1 is 0.392 bits per heavy atom. The van der Waals surface area contributed by atoms with Crippen LogP contribution in [0.2, 0.25) is 0 Å². The number of hydrogen-bond acceptors (Lipinski definition) is 35. The number of rotatable bonds is 26. The molecule has 97 heavy (non-hydrogen) atoms. The normalized spacial score (nSPS) is 33.7. The fourth-order valence-electron chi connectivity index (χ4n) is 10.5. The number of nitrogens with two attached hydrogens (primary N) is 1. The Morgan fingerprint density at radius 2 is 0.649 bits per heavy atom. The molecule has 5 aromatic rings. The van der Waals surface area contributed by atoms with Gasteiger partial charge in [-0.3, -0.25) is 98.1 Å². The van der Waals surface area contributed by atoms with Gasteiger partial charge < -0.3 is 84.7 Å². The Bertz CT molecular complexity index is 4480. The highest BCUT2D eigenvalue weighted by Crippen LogP contribution is 2.55. The fourth-order valence-corrected chi connectivity index (χ4v) is 14.4. The number of hydrogen-bond donors (Lipinski definition) is 16. The quantitative estimate of drug-likeness (QED) is 0.0229. The summed E-state index contributed by atoms with van der Waals surface area (Å²) in [6.07, 6.45) is -37.2. The van der Waals surface area contributed by atoms with Crippen LogP contribution < -0.4 is 56.4 Å². The van der Waals surface area contributed by atoms with Crippen LogP contribution in [-0.4, -0.2) is 228 Å². The number of nitrogen functional groups attached to an aromatic ring is 1. The minimum absolute atomic E-state index is 0.221. The van der Waals surface area contributed by atoms with Crippen LogP contribution >= 0.6 is 31.3 Å². The van der Waals surface area contributed by atoms with Crippen LogP contribution in [-0.2, 0) is 78.1 Å². The van der Waals surface area contributed by atoms with Crippen LogP contribution in [0.4, 0.5) is 5.82 Å². The third-order valence-electron chi connectivity index (χ3n) is 15.0. The predicted octanol–water partition coefficient (Wildman–Crippen LogP) is -9.32. The lowest BCUT2D eigenvalue weighted by atomic mass is 10.1. The van der Waals surface area contributed by atoms with E-state index in [2.05, 4.69) is 4.98 Å². The molecule has 24 atom stereocenters. The van der Waals surface area contributed by atoms with Crippen LogP contribution in [0.1, 0.15) is 31.1 Å². The van der Waals surface area contributed by atoms with Gasteiger partial charge in [-0.15, -0.1) is 0 Å². The maximum Gasteiger partial charge on any atom is 0.472 e. The third kappa shape index (κ3) is 16.3. The minimum Gasteiger partial charge on any atom is -0.394 e. The van der Waals surface area contributed by atoms with Crippen LogP contribution in [0, 0.1) is 0 Å². The maximum absolute atomic E-state index is 14.0. The minimum atomic E-state index is -5.93. The molecule has 0 saturated carbocycles. The summed E-state index contributed by atoms with van der Waals surface area (Å²) >= 11 is 0. The van der Waals surface area contributed by atoms with E-state index in [0.717, 1.165) is 65.9 Å². The van der Waals surface area contributed by atoms with Crippen LogP contribution in [0.25, 0.3) is 0 Å². The highest BCUT2D eigenvalue weighted by molar-refractivity contribution is 7.48. The van der Waals surface area contributed by atoms with E-state index >= 15 is 0 Å². The van der Waals surface area contributed by atoms with E-state index in [1.165, 1.54) is 0 Å². The Morgan fingerprint density at radius 3 is 0.938 bits per heavy atom. The molecule has 17 N–H and O–H groups in total. The molecule has 534 valence electrons. The summed E-state index contributed by atoms with van der Waals surface area (Å²) in [4.78, 5) is 167. The lowest BCUT2D eigenvalue weighted by Crippen LogP contribution is -2.40. The van der Waals surface area contributed by atoms with Gasteiger partial charge in [-0.2, -0.15) is 4.98 Å². The van der Waals surface area contributed by atoms with Crippen LogP contribution in [0.5, 0.6) is 0 Å². The molecule has 0 amide bonds. The number of H-pyrrole nitrogens is 4. The molecule has 0 spiro atoms. The molecular formula is C45H57N11O37P4. The smallest absolute Gasteiger partial charge is 0.394 e. The fraction of sp³-hybridized carbons (Fsp3) is 0.556. The number of phosphoric ester groups is 4. The number of ether oxygens (including phenoxy) is 5. The second-order valence-corrected chi connectivity index (χ2v) is 27.0. The summed E-state index contributed by atoms with van der Waals surface area (Å²) in [6.45, 7) is -6.39. The summed E-state index contributed by atoms with van der Waals surface area (Å²) in [5, 5.41) is 77.0. The first-order valence-electron chi connectivity index (χ1n) is 27.7. The first-order chi connectivity index (χ1) is 45.5. The van der Waals surface area contributed by atoms with Crippen molar-refractivity contribution in [3.63, 3.8) is 0 Å². The van der Waals surface area contributed by atoms with Crippen molar-refractivity contribution >= 4 is 37.1 Å². The Balaban J connectivity index is 0.851.